The highest BCUT2D eigenvalue weighted by Crippen LogP contribution is 2.47. The highest BCUT2D eigenvalue weighted by molar-refractivity contribution is 5.50. The Balaban J connectivity index is 1.40. The first-order valence-corrected chi connectivity index (χ1v) is 14.2. The lowest BCUT2D eigenvalue weighted by Gasteiger charge is -2.49. The van der Waals surface area contributed by atoms with Gasteiger partial charge in [-0.3, -0.25) is 14.2 Å². The molecule has 0 saturated carbocycles. The molecule has 0 radical (unpaired) electrons. The van der Waals surface area contributed by atoms with Crippen LogP contribution in [0.1, 0.15) is 36.1 Å². The zero-order valence-electron chi connectivity index (χ0n) is 23.7. The van der Waals surface area contributed by atoms with Gasteiger partial charge in [0, 0.05) is 38.6 Å². The number of rotatable bonds is 12. The molecule has 1 atom stereocenters. The van der Waals surface area contributed by atoms with Crippen LogP contribution in [0.3, 0.4) is 0 Å². The summed E-state index contributed by atoms with van der Waals surface area (Å²) >= 11 is 0. The summed E-state index contributed by atoms with van der Waals surface area (Å²) in [4.78, 5) is 3.71. The van der Waals surface area contributed by atoms with Crippen LogP contribution in [0.4, 0.5) is 17.6 Å². The molecule has 4 nitrogen and oxygen atoms in total. The first-order valence-electron chi connectivity index (χ1n) is 14.2. The molecule has 220 valence electrons. The van der Waals surface area contributed by atoms with Crippen LogP contribution in [0.2, 0.25) is 0 Å². The Bertz CT molecular complexity index is 1280. The largest absolute Gasteiger partial charge is 0.492 e. The van der Waals surface area contributed by atoms with E-state index in [4.69, 9.17) is 9.47 Å². The third-order valence-electron chi connectivity index (χ3n) is 7.99. The average molecular weight is 571 g/mol. The van der Waals surface area contributed by atoms with Gasteiger partial charge in [0.15, 0.2) is 0 Å². The number of halogens is 4. The van der Waals surface area contributed by atoms with Crippen molar-refractivity contribution in [2.45, 2.75) is 44.5 Å². The molecule has 3 aromatic rings. The lowest BCUT2D eigenvalue weighted by molar-refractivity contribution is -0.0581. The maximum atomic E-state index is 15.5. The molecule has 0 amide bonds. The molecule has 41 heavy (non-hydrogen) atoms. The molecule has 0 aliphatic carbocycles. The van der Waals surface area contributed by atoms with Crippen molar-refractivity contribution < 1.29 is 27.0 Å². The third kappa shape index (κ3) is 6.54. The zero-order chi connectivity index (χ0) is 29.0. The fourth-order valence-electron chi connectivity index (χ4n) is 6.01. The Morgan fingerprint density at radius 2 is 1.66 bits per heavy atom. The second-order valence-electron chi connectivity index (χ2n) is 11.7. The number of benzene rings is 3. The topological polar surface area (TPSA) is 24.9 Å². The molecule has 2 aliphatic heterocycles. The number of nitrogens with zero attached hydrogens (tertiary/aromatic N) is 2. The van der Waals surface area contributed by atoms with E-state index < -0.39 is 17.6 Å². The second kappa shape index (κ2) is 12.4. The number of hydrogen-bond acceptors (Lipinski definition) is 4. The van der Waals surface area contributed by atoms with Crippen LogP contribution in [-0.4, -0.2) is 67.9 Å². The molecule has 1 fully saturated rings. The van der Waals surface area contributed by atoms with Crippen molar-refractivity contribution in [1.82, 2.24) is 9.80 Å². The highest BCUT2D eigenvalue weighted by atomic mass is 19.3. The van der Waals surface area contributed by atoms with Crippen LogP contribution in [0.5, 0.6) is 11.5 Å². The highest BCUT2D eigenvalue weighted by Gasteiger charge is 2.52. The normalized spacial score (nSPS) is 20.1. The lowest BCUT2D eigenvalue weighted by atomic mass is 9.75. The minimum absolute atomic E-state index is 0.113. The molecule has 1 saturated heterocycles. The fraction of sp³-hybridized carbons (Fsp3) is 0.455. The summed E-state index contributed by atoms with van der Waals surface area (Å²) in [6, 6.07) is 21.8. The van der Waals surface area contributed by atoms with Gasteiger partial charge in [-0.25, -0.2) is 13.2 Å². The maximum absolute atomic E-state index is 15.5. The molecular weight excluding hydrogens is 532 g/mol. The SMILES string of the molecule is CC(C)(F)CN1CCc2cc(OCc3ccccc3)ccc2C1(c1ccc(OCCN2CC(CF)C2)cc1)C(F)F. The molecule has 3 aromatic carbocycles. The summed E-state index contributed by atoms with van der Waals surface area (Å²) in [5, 5.41) is 0. The standard InChI is InChI=1S/C33H38F4N2O2/c1-32(2,37)23-39-15-14-26-18-29(41-22-24-6-4-3-5-7-24)12-13-30(26)33(39,31(35)36)27-8-10-28(11-9-27)40-17-16-38-20-25(19-34)21-38/h3-13,18,25,31H,14-17,19-23H2,1-2H3. The van der Waals surface area contributed by atoms with E-state index in [0.717, 1.165) is 24.2 Å². The van der Waals surface area contributed by atoms with Gasteiger partial charge < -0.3 is 9.47 Å². The summed E-state index contributed by atoms with van der Waals surface area (Å²) in [5.41, 5.74) is -0.866. The summed E-state index contributed by atoms with van der Waals surface area (Å²) in [6.45, 7) is 5.62. The monoisotopic (exact) mass is 570 g/mol. The van der Waals surface area contributed by atoms with Gasteiger partial charge in [0.25, 0.3) is 6.43 Å². The van der Waals surface area contributed by atoms with Crippen molar-refractivity contribution in [2.75, 3.05) is 46.0 Å². The first-order chi connectivity index (χ1) is 19.7. The number of hydrogen-bond donors (Lipinski definition) is 0. The quantitative estimate of drug-likeness (QED) is 0.228. The van der Waals surface area contributed by atoms with E-state index in [9.17, 15) is 8.78 Å². The molecule has 2 aliphatic rings. The molecular formula is C33H38F4N2O2. The van der Waals surface area contributed by atoms with Crippen molar-refractivity contribution in [1.29, 1.82) is 0 Å². The van der Waals surface area contributed by atoms with Crippen LogP contribution in [0.15, 0.2) is 72.8 Å². The minimum atomic E-state index is -2.82. The summed E-state index contributed by atoms with van der Waals surface area (Å²) in [6.07, 6.45) is -2.31. The van der Waals surface area contributed by atoms with Gasteiger partial charge in [0.2, 0.25) is 0 Å². The van der Waals surface area contributed by atoms with Gasteiger partial charge >= 0.3 is 0 Å². The maximum Gasteiger partial charge on any atom is 0.265 e. The molecule has 2 heterocycles. The van der Waals surface area contributed by atoms with E-state index in [-0.39, 0.29) is 25.7 Å². The van der Waals surface area contributed by atoms with Crippen LogP contribution in [0.25, 0.3) is 0 Å². The predicted molar refractivity (Wildman–Crippen MR) is 152 cm³/mol. The van der Waals surface area contributed by atoms with E-state index in [1.807, 2.05) is 36.4 Å². The minimum Gasteiger partial charge on any atom is -0.492 e. The third-order valence-corrected chi connectivity index (χ3v) is 7.99. The Hall–Kier alpha value is -3.10. The van der Waals surface area contributed by atoms with Gasteiger partial charge in [0.05, 0.1) is 6.67 Å². The summed E-state index contributed by atoms with van der Waals surface area (Å²) in [7, 11) is 0. The number of likely N-dealkylation sites (tertiary alicyclic amines) is 1. The van der Waals surface area contributed by atoms with Crippen LogP contribution in [0, 0.1) is 5.92 Å². The van der Waals surface area contributed by atoms with Gasteiger partial charge in [-0.05, 0) is 66.8 Å². The van der Waals surface area contributed by atoms with Crippen LogP contribution >= 0.6 is 0 Å². The van der Waals surface area contributed by atoms with Crippen molar-refractivity contribution in [3.8, 4) is 11.5 Å². The Labute approximate surface area is 239 Å². The van der Waals surface area contributed by atoms with Gasteiger partial charge in [-0.15, -0.1) is 0 Å². The predicted octanol–water partition coefficient (Wildman–Crippen LogP) is 6.66. The average Bonchev–Trinajstić information content (AvgIpc) is 2.93. The van der Waals surface area contributed by atoms with E-state index in [1.165, 1.54) is 13.8 Å². The Morgan fingerprint density at radius 3 is 2.32 bits per heavy atom. The van der Waals surface area contributed by atoms with Gasteiger partial charge in [-0.1, -0.05) is 48.5 Å². The Morgan fingerprint density at radius 1 is 0.951 bits per heavy atom. The van der Waals surface area contributed by atoms with E-state index >= 15 is 8.78 Å². The smallest absolute Gasteiger partial charge is 0.265 e. The van der Waals surface area contributed by atoms with E-state index in [1.54, 1.807) is 41.3 Å². The van der Waals surface area contributed by atoms with Crippen molar-refractivity contribution in [3.05, 3.63) is 95.1 Å². The zero-order valence-corrected chi connectivity index (χ0v) is 23.7. The number of fused-ring (bicyclic) bond motifs is 1. The molecule has 0 spiro atoms. The van der Waals surface area contributed by atoms with Gasteiger partial charge in [-0.2, -0.15) is 0 Å². The van der Waals surface area contributed by atoms with Crippen molar-refractivity contribution >= 4 is 0 Å². The molecule has 5 rings (SSSR count). The number of alkyl halides is 4. The van der Waals surface area contributed by atoms with Crippen LogP contribution < -0.4 is 9.47 Å². The van der Waals surface area contributed by atoms with E-state index in [0.29, 0.717) is 48.8 Å². The summed E-state index contributed by atoms with van der Waals surface area (Å²) < 4.78 is 70.5. The van der Waals surface area contributed by atoms with E-state index in [2.05, 4.69) is 4.90 Å². The molecule has 1 unspecified atom stereocenters. The molecule has 0 N–H and O–H groups in total. The molecule has 0 bridgehead atoms. The summed E-state index contributed by atoms with van der Waals surface area (Å²) in [5.74, 6) is 1.29. The van der Waals surface area contributed by atoms with Crippen LogP contribution in [-0.2, 0) is 18.6 Å². The fourth-order valence-corrected chi connectivity index (χ4v) is 6.01. The second-order valence-corrected chi connectivity index (χ2v) is 11.7. The van der Waals surface area contributed by atoms with Crippen molar-refractivity contribution in [3.63, 3.8) is 0 Å². The van der Waals surface area contributed by atoms with Crippen molar-refractivity contribution in [2.24, 2.45) is 5.92 Å². The first kappa shape index (κ1) is 29.4. The molecule has 0 aromatic heterocycles. The molecule has 8 heteroatoms. The lowest BCUT2D eigenvalue weighted by Crippen LogP contribution is -2.58. The Kier molecular flexibility index (Phi) is 8.90. The number of ether oxygens (including phenoxy) is 2. The van der Waals surface area contributed by atoms with Gasteiger partial charge in [0.1, 0.15) is 35.9 Å².